The van der Waals surface area contributed by atoms with Crippen LogP contribution in [0.1, 0.15) is 69.4 Å². The monoisotopic (exact) mass is 908 g/mol. The number of aliphatic imine (C=N–C) groups is 1. The van der Waals surface area contributed by atoms with Gasteiger partial charge in [0.1, 0.15) is 5.78 Å². The van der Waals surface area contributed by atoms with Crippen molar-refractivity contribution in [2.75, 3.05) is 56.2 Å². The number of hydrogen-bond acceptors (Lipinski definition) is 13. The van der Waals surface area contributed by atoms with Crippen molar-refractivity contribution in [2.24, 2.45) is 4.99 Å². The maximum Gasteiger partial charge on any atom is 0.300 e. The number of halogens is 3. The maximum absolute atomic E-state index is 10.9. The van der Waals surface area contributed by atoms with Gasteiger partial charge in [-0.3, -0.25) is 14.5 Å². The predicted molar refractivity (Wildman–Crippen MR) is 242 cm³/mol. The molecule has 15 nitrogen and oxygen atoms in total. The summed E-state index contributed by atoms with van der Waals surface area (Å²) in [6.45, 7) is 5.76. The fourth-order valence-electron chi connectivity index (χ4n) is 7.61. The van der Waals surface area contributed by atoms with Crippen LogP contribution in [0.25, 0.3) is 0 Å². The third kappa shape index (κ3) is 17.7. The SMILES string of the molecule is CC(=O)O.CSC(=NC#N)N1CCC(=O)CC1.Cl.Nc1nc(N2CCC(N3C[C@H](O)CC[C@@H]3Cc3ccc(Cl)cc3)CC2)n[nH]1.O[C@@H]1CC[C@H](Cc2ccc(Cl)cc2)NC1. The molecule has 7 rings (SSSR count). The second-order valence-corrected chi connectivity index (χ2v) is 16.7. The quantitative estimate of drug-likeness (QED) is 0.103. The van der Waals surface area contributed by atoms with E-state index in [0.717, 1.165) is 99.7 Å². The lowest BCUT2D eigenvalue weighted by atomic mass is 9.90. The van der Waals surface area contributed by atoms with E-state index in [1.54, 1.807) is 6.19 Å². The number of benzene rings is 2. The lowest BCUT2D eigenvalue weighted by Crippen LogP contribution is -2.54. The number of amidine groups is 1. The number of nitrogen functional groups attached to an aromatic ring is 1. The number of carbonyl (C=O) groups is 2. The standard InChI is InChI=1S/C19H27ClN6O.C12H16ClNO.C8H11N3OS.C2H4O2.ClH/c20-14-3-1-13(2-4-14)11-16-5-6-17(27)12-26(16)15-7-9-25(10-8-15)19-22-18(21)23-24-19;13-10-3-1-9(2-4-10)7-11-5-6-12(15)8-14-11;1-13-8(10-6-9)11-4-2-7(12)3-5-11;1-2(3)4;/h1-4,15-17,27H,5-12H2,(H3,21,22,23,24);1-4,11-12,14-15H,5-8H2;2-5H2,1H3;1H3,(H,3,4);1H/t16-,17-;11-,12-;;;/m11.../s1. The Morgan fingerprint density at radius 3 is 2.00 bits per heavy atom. The molecule has 3 aromatic rings. The molecule has 60 heavy (non-hydrogen) atoms. The highest BCUT2D eigenvalue weighted by molar-refractivity contribution is 8.13. The van der Waals surface area contributed by atoms with Gasteiger partial charge >= 0.3 is 0 Å². The smallest absolute Gasteiger partial charge is 0.300 e. The van der Waals surface area contributed by atoms with E-state index >= 15 is 0 Å². The summed E-state index contributed by atoms with van der Waals surface area (Å²) in [4.78, 5) is 34.6. The molecule has 4 aliphatic rings. The Hall–Kier alpha value is -3.66. The molecule has 7 N–H and O–H groups in total. The van der Waals surface area contributed by atoms with E-state index in [1.807, 2.05) is 35.4 Å². The Bertz CT molecular complexity index is 1790. The molecular formula is C41H59Cl3N10O5S. The van der Waals surface area contributed by atoms with Crippen LogP contribution in [0, 0.1) is 11.5 Å². The minimum Gasteiger partial charge on any atom is -0.481 e. The predicted octanol–water partition coefficient (Wildman–Crippen LogP) is 5.44. The number of nitrogens with zero attached hydrogens (tertiary/aromatic N) is 7. The van der Waals surface area contributed by atoms with E-state index in [1.165, 1.54) is 22.9 Å². The topological polar surface area (TPSA) is 220 Å². The van der Waals surface area contributed by atoms with Gasteiger partial charge in [-0.25, -0.2) is 5.10 Å². The van der Waals surface area contributed by atoms with Gasteiger partial charge in [-0.1, -0.05) is 59.2 Å². The zero-order valence-corrected chi connectivity index (χ0v) is 37.4. The average Bonchev–Trinajstić information content (AvgIpc) is 3.67. The van der Waals surface area contributed by atoms with E-state index in [9.17, 15) is 15.0 Å². The van der Waals surface area contributed by atoms with Crippen molar-refractivity contribution in [3.63, 3.8) is 0 Å². The summed E-state index contributed by atoms with van der Waals surface area (Å²) in [5, 5.41) is 47.9. The molecular weight excluding hydrogens is 851 g/mol. The van der Waals surface area contributed by atoms with Gasteiger partial charge in [0.05, 0.1) is 12.2 Å². The van der Waals surface area contributed by atoms with Crippen LogP contribution in [-0.2, 0) is 22.4 Å². The van der Waals surface area contributed by atoms with Crippen molar-refractivity contribution in [3.05, 3.63) is 69.7 Å². The van der Waals surface area contributed by atoms with E-state index in [2.05, 4.69) is 59.6 Å². The Morgan fingerprint density at radius 1 is 0.933 bits per heavy atom. The number of aliphatic hydroxyl groups is 2. The lowest BCUT2D eigenvalue weighted by molar-refractivity contribution is -0.134. The van der Waals surface area contributed by atoms with Crippen molar-refractivity contribution < 1.29 is 24.9 Å². The highest BCUT2D eigenvalue weighted by atomic mass is 35.5. The van der Waals surface area contributed by atoms with Crippen LogP contribution in [0.4, 0.5) is 11.9 Å². The molecule has 0 spiro atoms. The first kappa shape index (κ1) is 50.7. The number of nitrogens with one attached hydrogen (secondary N) is 2. The summed E-state index contributed by atoms with van der Waals surface area (Å²) < 4.78 is 0. The van der Waals surface area contributed by atoms with Crippen LogP contribution in [0.15, 0.2) is 53.5 Å². The van der Waals surface area contributed by atoms with Crippen LogP contribution in [-0.4, -0.2) is 133 Å². The van der Waals surface area contributed by atoms with Gasteiger partial charge in [0.25, 0.3) is 5.97 Å². The van der Waals surface area contributed by atoms with Crippen molar-refractivity contribution in [1.82, 2.24) is 30.3 Å². The number of carbonyl (C=O) groups excluding carboxylic acids is 1. The number of aromatic amines is 1. The Kier molecular flexibility index (Phi) is 22.5. The minimum atomic E-state index is -0.833. The van der Waals surface area contributed by atoms with Crippen molar-refractivity contribution >= 4 is 76.2 Å². The summed E-state index contributed by atoms with van der Waals surface area (Å²) >= 11 is 13.3. The van der Waals surface area contributed by atoms with E-state index in [-0.39, 0.29) is 24.6 Å². The number of aromatic nitrogens is 3. The number of rotatable bonds is 6. The van der Waals surface area contributed by atoms with Gasteiger partial charge in [0.2, 0.25) is 18.1 Å². The second kappa shape index (κ2) is 26.6. The first-order chi connectivity index (χ1) is 28.3. The molecule has 0 unspecified atom stereocenters. The molecule has 1 aromatic heterocycles. The summed E-state index contributed by atoms with van der Waals surface area (Å²) in [7, 11) is 0. The molecule has 0 radical (unpaired) electrons. The molecule has 4 atom stereocenters. The number of H-pyrrole nitrogens is 1. The van der Waals surface area contributed by atoms with Crippen molar-refractivity contribution in [2.45, 2.75) is 101 Å². The number of likely N-dealkylation sites (tertiary alicyclic amines) is 2. The number of aliphatic carboxylic acids is 1. The minimum absolute atomic E-state index is 0. The molecule has 4 fully saturated rings. The maximum atomic E-state index is 10.9. The summed E-state index contributed by atoms with van der Waals surface area (Å²) in [5.74, 6) is 0.505. The first-order valence-electron chi connectivity index (χ1n) is 20.1. The number of hydrogen-bond donors (Lipinski definition) is 6. The van der Waals surface area contributed by atoms with Gasteiger partial charge in [-0.2, -0.15) is 10.2 Å². The van der Waals surface area contributed by atoms with Gasteiger partial charge in [0, 0.05) is 87.2 Å². The largest absolute Gasteiger partial charge is 0.481 e. The number of carboxylic acid groups (broad SMARTS) is 1. The van der Waals surface area contributed by atoms with Crippen molar-refractivity contribution in [3.8, 4) is 6.19 Å². The summed E-state index contributed by atoms with van der Waals surface area (Å²) in [6, 6.07) is 17.6. The molecule has 0 amide bonds. The van der Waals surface area contributed by atoms with Crippen LogP contribution < -0.4 is 16.0 Å². The third-order valence-corrected chi connectivity index (χ3v) is 11.8. The molecule has 4 aliphatic heterocycles. The van der Waals surface area contributed by atoms with Gasteiger partial charge in [0.15, 0.2) is 5.17 Å². The number of piperidine rings is 4. The zero-order valence-electron chi connectivity index (χ0n) is 34.3. The van der Waals surface area contributed by atoms with E-state index < -0.39 is 5.97 Å². The Morgan fingerprint density at radius 2 is 1.50 bits per heavy atom. The fourth-order valence-corrected chi connectivity index (χ4v) is 8.44. The molecule has 2 aromatic carbocycles. The zero-order chi connectivity index (χ0) is 42.7. The van der Waals surface area contributed by atoms with E-state index in [4.69, 9.17) is 44.1 Å². The average molecular weight is 910 g/mol. The Labute approximate surface area is 373 Å². The lowest BCUT2D eigenvalue weighted by Gasteiger charge is -2.46. The van der Waals surface area contributed by atoms with Gasteiger partial charge < -0.3 is 36.2 Å². The number of β-amino-alcohol motifs (C(OH)–C–C–N with tert-alkyl or cyclic N) is 2. The normalized spacial score (nSPS) is 22.4. The number of aliphatic hydroxyl groups excluding tert-OH is 2. The number of carboxylic acids is 1. The van der Waals surface area contributed by atoms with Gasteiger partial charge in [-0.05, 0) is 93.0 Å². The molecule has 4 saturated heterocycles. The number of nitrogens with two attached hydrogens (primary N) is 1. The van der Waals surface area contributed by atoms with Crippen LogP contribution >= 0.6 is 47.4 Å². The van der Waals surface area contributed by atoms with Crippen molar-refractivity contribution in [1.29, 1.82) is 5.26 Å². The summed E-state index contributed by atoms with van der Waals surface area (Å²) in [6.07, 6.45) is 12.4. The molecule has 0 saturated carbocycles. The van der Waals surface area contributed by atoms with Crippen LogP contribution in [0.2, 0.25) is 10.0 Å². The highest BCUT2D eigenvalue weighted by Crippen LogP contribution is 2.29. The molecule has 0 bridgehead atoms. The number of nitriles is 1. The highest BCUT2D eigenvalue weighted by Gasteiger charge is 2.35. The van der Waals surface area contributed by atoms with E-state index in [0.29, 0.717) is 61.7 Å². The molecule has 0 aliphatic carbocycles. The number of ketones is 1. The molecule has 330 valence electrons. The fraction of sp³-hybridized carbons (Fsp3) is 0.561. The first-order valence-corrected chi connectivity index (χ1v) is 22.0. The summed E-state index contributed by atoms with van der Waals surface area (Å²) in [5.41, 5.74) is 8.25. The number of Topliss-reactive ketones (excluding diaryl/α,β-unsaturated/α-hetero) is 1. The van der Waals surface area contributed by atoms with Gasteiger partial charge in [-0.15, -0.1) is 22.5 Å². The molecule has 19 heteroatoms. The number of anilines is 2. The van der Waals surface area contributed by atoms with Crippen LogP contribution in [0.3, 0.4) is 0 Å². The molecule has 5 heterocycles. The third-order valence-electron chi connectivity index (χ3n) is 10.6. The Balaban J connectivity index is 0.000000247. The second-order valence-electron chi connectivity index (χ2n) is 15.1. The number of thioether (sulfide) groups is 1. The van der Waals surface area contributed by atoms with Crippen LogP contribution in [0.5, 0.6) is 0 Å².